The van der Waals surface area contributed by atoms with Crippen LogP contribution < -0.4 is 9.64 Å². The number of methoxy groups -OCH3 is 1. The average Bonchev–Trinajstić information content (AvgIpc) is 3.25. The predicted octanol–water partition coefficient (Wildman–Crippen LogP) is 2.74. The van der Waals surface area contributed by atoms with Gasteiger partial charge >= 0.3 is 0 Å². The molecule has 1 saturated heterocycles. The fourth-order valence-corrected chi connectivity index (χ4v) is 3.58. The van der Waals surface area contributed by atoms with Gasteiger partial charge in [0.25, 0.3) is 0 Å². The van der Waals surface area contributed by atoms with Crippen molar-refractivity contribution in [3.8, 4) is 5.75 Å². The van der Waals surface area contributed by atoms with Crippen LogP contribution in [0.4, 0.5) is 5.69 Å². The Labute approximate surface area is 141 Å². The molecule has 2 fully saturated rings. The van der Waals surface area contributed by atoms with Gasteiger partial charge in [-0.1, -0.05) is 12.1 Å². The van der Waals surface area contributed by atoms with Crippen molar-refractivity contribution in [3.63, 3.8) is 0 Å². The molecule has 0 radical (unpaired) electrons. The third-order valence-electron chi connectivity index (χ3n) is 5.03. The molecule has 4 rings (SSSR count). The van der Waals surface area contributed by atoms with Gasteiger partial charge in [-0.15, -0.1) is 0 Å². The van der Waals surface area contributed by atoms with Gasteiger partial charge in [0.2, 0.25) is 5.91 Å². The van der Waals surface area contributed by atoms with E-state index in [-0.39, 0.29) is 17.7 Å². The largest absolute Gasteiger partial charge is 0.495 e. The minimum Gasteiger partial charge on any atom is -0.495 e. The van der Waals surface area contributed by atoms with Gasteiger partial charge in [0.1, 0.15) is 11.5 Å². The van der Waals surface area contributed by atoms with Crippen LogP contribution in [0, 0.1) is 5.92 Å². The summed E-state index contributed by atoms with van der Waals surface area (Å²) in [6.45, 7) is 3.20. The lowest BCUT2D eigenvalue weighted by Gasteiger charge is -2.36. The molecule has 2 aliphatic rings. The summed E-state index contributed by atoms with van der Waals surface area (Å²) < 4.78 is 10.9. The highest BCUT2D eigenvalue weighted by molar-refractivity contribution is 5.83. The average molecular weight is 326 g/mol. The first-order valence-corrected chi connectivity index (χ1v) is 8.48. The van der Waals surface area contributed by atoms with E-state index in [0.717, 1.165) is 49.8 Å². The first-order valence-electron chi connectivity index (χ1n) is 8.48. The number of amides is 1. The number of para-hydroxylation sites is 2. The van der Waals surface area contributed by atoms with Gasteiger partial charge in [0, 0.05) is 38.0 Å². The zero-order chi connectivity index (χ0) is 16.5. The van der Waals surface area contributed by atoms with Gasteiger partial charge in [-0.25, -0.2) is 0 Å². The Bertz CT molecular complexity index is 705. The van der Waals surface area contributed by atoms with E-state index in [4.69, 9.17) is 9.15 Å². The van der Waals surface area contributed by atoms with Crippen LogP contribution in [0.5, 0.6) is 5.75 Å². The maximum Gasteiger partial charge on any atom is 0.226 e. The first kappa shape index (κ1) is 15.1. The molecular formula is C19H22N2O3. The van der Waals surface area contributed by atoms with Crippen molar-refractivity contribution in [2.45, 2.75) is 12.3 Å². The minimum atomic E-state index is 0.106. The maximum absolute atomic E-state index is 12.7. The molecule has 0 spiro atoms. The summed E-state index contributed by atoms with van der Waals surface area (Å²) >= 11 is 0. The molecule has 2 aromatic rings. The van der Waals surface area contributed by atoms with Crippen LogP contribution in [0.1, 0.15) is 18.1 Å². The molecular weight excluding hydrogens is 304 g/mol. The summed E-state index contributed by atoms with van der Waals surface area (Å²) in [7, 11) is 1.69. The van der Waals surface area contributed by atoms with Crippen molar-refractivity contribution < 1.29 is 13.9 Å². The van der Waals surface area contributed by atoms with Crippen molar-refractivity contribution in [2.24, 2.45) is 5.92 Å². The second-order valence-corrected chi connectivity index (χ2v) is 6.45. The topological polar surface area (TPSA) is 45.9 Å². The lowest BCUT2D eigenvalue weighted by molar-refractivity contribution is -0.133. The number of ether oxygens (including phenoxy) is 1. The van der Waals surface area contributed by atoms with E-state index in [9.17, 15) is 4.79 Å². The summed E-state index contributed by atoms with van der Waals surface area (Å²) in [6, 6.07) is 11.9. The molecule has 1 saturated carbocycles. The van der Waals surface area contributed by atoms with Crippen molar-refractivity contribution in [2.75, 3.05) is 38.2 Å². The third kappa shape index (κ3) is 2.75. The Morgan fingerprint density at radius 3 is 2.62 bits per heavy atom. The van der Waals surface area contributed by atoms with Crippen molar-refractivity contribution in [1.82, 2.24) is 4.90 Å². The lowest BCUT2D eigenvalue weighted by atomic mass is 10.2. The quantitative estimate of drug-likeness (QED) is 0.867. The summed E-state index contributed by atoms with van der Waals surface area (Å²) in [5.41, 5.74) is 1.10. The lowest BCUT2D eigenvalue weighted by Crippen LogP contribution is -2.49. The van der Waals surface area contributed by atoms with Gasteiger partial charge in [0.15, 0.2) is 0 Å². The van der Waals surface area contributed by atoms with Gasteiger partial charge in [0.05, 0.1) is 19.1 Å². The highest BCUT2D eigenvalue weighted by Crippen LogP contribution is 2.48. The van der Waals surface area contributed by atoms with E-state index in [2.05, 4.69) is 11.0 Å². The number of rotatable bonds is 4. The fraction of sp³-hybridized carbons (Fsp3) is 0.421. The zero-order valence-corrected chi connectivity index (χ0v) is 13.9. The molecule has 0 bridgehead atoms. The van der Waals surface area contributed by atoms with Gasteiger partial charge in [-0.3, -0.25) is 4.79 Å². The zero-order valence-electron chi connectivity index (χ0n) is 13.9. The van der Waals surface area contributed by atoms with Crippen LogP contribution in [0.15, 0.2) is 47.1 Å². The summed E-state index contributed by atoms with van der Waals surface area (Å²) in [5.74, 6) is 2.49. The second kappa shape index (κ2) is 6.23. The van der Waals surface area contributed by atoms with E-state index in [1.54, 1.807) is 13.4 Å². The maximum atomic E-state index is 12.7. The Balaban J connectivity index is 1.36. The molecule has 126 valence electrons. The molecule has 2 heterocycles. The Morgan fingerprint density at radius 1 is 1.12 bits per heavy atom. The smallest absolute Gasteiger partial charge is 0.226 e. The standard InChI is InChI=1S/C19H22N2O3/c1-23-18-6-3-2-5-16(18)20-8-10-21(11-9-20)19(22)15-13-14(15)17-7-4-12-24-17/h2-7,12,14-15H,8-11,13H2,1H3. The number of furan rings is 1. The molecule has 1 aromatic carbocycles. The molecule has 2 atom stereocenters. The molecule has 5 heteroatoms. The second-order valence-electron chi connectivity index (χ2n) is 6.45. The van der Waals surface area contributed by atoms with Crippen LogP contribution in [0.2, 0.25) is 0 Å². The monoisotopic (exact) mass is 326 g/mol. The van der Waals surface area contributed by atoms with Crippen LogP contribution in [-0.2, 0) is 4.79 Å². The van der Waals surface area contributed by atoms with Crippen LogP contribution in [0.3, 0.4) is 0 Å². The third-order valence-corrected chi connectivity index (χ3v) is 5.03. The Hall–Kier alpha value is -2.43. The first-order chi connectivity index (χ1) is 11.8. The van der Waals surface area contributed by atoms with Crippen LogP contribution in [-0.4, -0.2) is 44.1 Å². The number of hydrogen-bond donors (Lipinski definition) is 0. The number of piperazine rings is 1. The Kier molecular flexibility index (Phi) is 3.92. The summed E-state index contributed by atoms with van der Waals surface area (Å²) in [6.07, 6.45) is 2.60. The molecule has 2 unspecified atom stereocenters. The molecule has 0 N–H and O–H groups in total. The van der Waals surface area contributed by atoms with E-state index < -0.39 is 0 Å². The van der Waals surface area contributed by atoms with Crippen molar-refractivity contribution >= 4 is 11.6 Å². The summed E-state index contributed by atoms with van der Waals surface area (Å²) in [4.78, 5) is 17.0. The Morgan fingerprint density at radius 2 is 1.92 bits per heavy atom. The van der Waals surface area contributed by atoms with E-state index in [0.29, 0.717) is 0 Å². The van der Waals surface area contributed by atoms with E-state index in [1.165, 1.54) is 0 Å². The highest BCUT2D eigenvalue weighted by atomic mass is 16.5. The number of carbonyl (C=O) groups is 1. The minimum absolute atomic E-state index is 0.106. The van der Waals surface area contributed by atoms with E-state index in [1.807, 2.05) is 35.2 Å². The summed E-state index contributed by atoms with van der Waals surface area (Å²) in [5, 5.41) is 0. The molecule has 1 amide bonds. The normalized spacial score (nSPS) is 23.2. The van der Waals surface area contributed by atoms with Crippen molar-refractivity contribution in [3.05, 3.63) is 48.4 Å². The number of nitrogens with zero attached hydrogens (tertiary/aromatic N) is 2. The van der Waals surface area contributed by atoms with Crippen molar-refractivity contribution in [1.29, 1.82) is 0 Å². The highest BCUT2D eigenvalue weighted by Gasteiger charge is 2.47. The number of carbonyl (C=O) groups excluding carboxylic acids is 1. The van der Waals surface area contributed by atoms with Gasteiger partial charge < -0.3 is 19.0 Å². The van der Waals surface area contributed by atoms with Gasteiger partial charge in [-0.05, 0) is 30.7 Å². The van der Waals surface area contributed by atoms with Crippen LogP contribution >= 0.6 is 0 Å². The fourth-order valence-electron chi connectivity index (χ4n) is 3.58. The van der Waals surface area contributed by atoms with Gasteiger partial charge in [-0.2, -0.15) is 0 Å². The number of anilines is 1. The molecule has 24 heavy (non-hydrogen) atoms. The number of benzene rings is 1. The SMILES string of the molecule is COc1ccccc1N1CCN(C(=O)C2CC2c2ccco2)CC1. The van der Waals surface area contributed by atoms with Crippen LogP contribution in [0.25, 0.3) is 0 Å². The van der Waals surface area contributed by atoms with E-state index >= 15 is 0 Å². The molecule has 1 aliphatic carbocycles. The number of hydrogen-bond acceptors (Lipinski definition) is 4. The molecule has 1 aromatic heterocycles. The molecule has 5 nitrogen and oxygen atoms in total. The predicted molar refractivity (Wildman–Crippen MR) is 91.3 cm³/mol. The molecule has 1 aliphatic heterocycles.